The summed E-state index contributed by atoms with van der Waals surface area (Å²) in [5.74, 6) is -13.9. The van der Waals surface area contributed by atoms with E-state index in [0.717, 1.165) is 71.6 Å². The molecule has 0 spiro atoms. The predicted molar refractivity (Wildman–Crippen MR) is 262 cm³/mol. The van der Waals surface area contributed by atoms with Gasteiger partial charge in [0, 0.05) is 38.9 Å². The predicted octanol–water partition coefficient (Wildman–Crippen LogP) is 19.6. The Hall–Kier alpha value is -6.98. The molecule has 2 aliphatic carbocycles. The second-order valence-corrected chi connectivity index (χ2v) is 18.7. The molecule has 2 nitrogen and oxygen atoms in total. The Morgan fingerprint density at radius 3 is 1.08 bits per heavy atom. The summed E-state index contributed by atoms with van der Waals surface area (Å²) in [4.78, 5) is 5.97. The third-order valence-corrected chi connectivity index (χ3v) is 13.2. The molecule has 0 aromatic heterocycles. The van der Waals surface area contributed by atoms with Crippen LogP contribution in [0.5, 0.6) is 11.5 Å². The van der Waals surface area contributed by atoms with Gasteiger partial charge in [-0.05, 0) is 134 Å². The van der Waals surface area contributed by atoms with E-state index in [1.54, 1.807) is 18.2 Å². The highest BCUT2D eigenvalue weighted by atomic mass is 19.3. The summed E-state index contributed by atoms with van der Waals surface area (Å²) in [7, 11) is 0. The van der Waals surface area contributed by atoms with E-state index in [4.69, 9.17) is 0 Å². The number of hydrogen-bond donors (Lipinski definition) is 0. The van der Waals surface area contributed by atoms with Crippen LogP contribution in [-0.2, 0) is 6.67 Å². The highest BCUT2D eigenvalue weighted by molar-refractivity contribution is 5.71. The lowest BCUT2D eigenvalue weighted by Gasteiger charge is -2.36. The van der Waals surface area contributed by atoms with Gasteiger partial charge in [-0.3, -0.25) is 14.3 Å². The number of rotatable bonds is 8. The molecule has 0 atom stereocenters. The Kier molecular flexibility index (Phi) is 22.9. The molecule has 0 N–H and O–H groups in total. The Morgan fingerprint density at radius 1 is 0.377 bits per heavy atom. The average molecular weight is 1100 g/mol. The van der Waals surface area contributed by atoms with Crippen LogP contribution in [0.3, 0.4) is 0 Å². The van der Waals surface area contributed by atoms with Crippen LogP contribution in [0.15, 0.2) is 115 Å². The SMILES string of the molecule is CC1CCC(C2CCC(CF)CC2)CC1.Cc1ccc(-c2cc(F)c(CF)c(F)c2)cc1.Cc1ccc(-c2ccc(-c3cc(F)c(F)c(F)c3)c(F)c2)cc1.FOc1cc(F)c(F)c(F)c1.FOc1cc(F)c(F)c(F)c1. The third-order valence-electron chi connectivity index (χ3n) is 13.2. The van der Waals surface area contributed by atoms with Crippen LogP contribution < -0.4 is 9.88 Å². The standard InChI is InChI=1S/C19H12F4.C14H11F3.C14H25F.2C6H2F4O/c1-11-2-4-12(5-3-11)13-6-7-15(16(20)8-13)14-9-17(21)19(23)18(22)10-14;1-9-2-4-10(5-3-9)11-6-13(16)12(8-15)14(17)7-11;1-11-2-6-13(7-3-11)14-8-4-12(10-15)5-9-14;2*7-4-1-3(11-10)2-5(8)6(4)9/h2-10H,1H3;2-7H,8H2,1H3;11-14H,2-10H2,1H3;2*1-2H. The van der Waals surface area contributed by atoms with E-state index < -0.39 is 93.5 Å². The highest BCUT2D eigenvalue weighted by Crippen LogP contribution is 2.41. The summed E-state index contributed by atoms with van der Waals surface area (Å²) >= 11 is 0. The first kappa shape index (κ1) is 60.9. The molecule has 9 rings (SSSR count). The van der Waals surface area contributed by atoms with E-state index in [0.29, 0.717) is 46.9 Å². The molecule has 77 heavy (non-hydrogen) atoms. The van der Waals surface area contributed by atoms with E-state index in [2.05, 4.69) is 16.8 Å². The van der Waals surface area contributed by atoms with Gasteiger partial charge >= 0.3 is 0 Å². The number of hydrogen-bond acceptors (Lipinski definition) is 2. The van der Waals surface area contributed by atoms with Crippen molar-refractivity contribution in [2.75, 3.05) is 6.67 Å². The summed E-state index contributed by atoms with van der Waals surface area (Å²) in [6.45, 7) is 5.05. The lowest BCUT2D eigenvalue weighted by molar-refractivity contribution is -0.00711. The molecule has 7 aromatic rings. The van der Waals surface area contributed by atoms with Gasteiger partial charge in [-0.25, -0.2) is 57.1 Å². The van der Waals surface area contributed by atoms with Crippen LogP contribution in [0.2, 0.25) is 0 Å². The molecule has 0 radical (unpaired) electrons. The summed E-state index contributed by atoms with van der Waals surface area (Å²) in [5, 5.41) is 0. The van der Waals surface area contributed by atoms with Gasteiger partial charge in [0.2, 0.25) is 0 Å². The molecule has 0 aliphatic heterocycles. The van der Waals surface area contributed by atoms with E-state index in [1.165, 1.54) is 50.7 Å². The van der Waals surface area contributed by atoms with Crippen LogP contribution in [0.25, 0.3) is 33.4 Å². The van der Waals surface area contributed by atoms with Gasteiger partial charge in [-0.1, -0.05) is 91.6 Å². The van der Waals surface area contributed by atoms with Gasteiger partial charge in [-0.2, -0.15) is 0 Å². The molecule has 0 heterocycles. The van der Waals surface area contributed by atoms with Crippen LogP contribution >= 0.6 is 0 Å². The smallest absolute Gasteiger partial charge is 0.194 e. The zero-order chi connectivity index (χ0) is 56.5. The molecule has 0 saturated heterocycles. The first-order valence-corrected chi connectivity index (χ1v) is 24.2. The summed E-state index contributed by atoms with van der Waals surface area (Å²) in [6.07, 6.45) is 10.7. The van der Waals surface area contributed by atoms with Crippen molar-refractivity contribution in [1.82, 2.24) is 0 Å². The Balaban J connectivity index is 0.000000183. The second kappa shape index (κ2) is 29.0. The Morgan fingerprint density at radius 2 is 0.714 bits per heavy atom. The average Bonchev–Trinajstić information content (AvgIpc) is 3.42. The minimum Gasteiger partial charge on any atom is -0.294 e. The van der Waals surface area contributed by atoms with E-state index >= 15 is 0 Å². The fourth-order valence-electron chi connectivity index (χ4n) is 8.75. The number of aryl methyl sites for hydroxylation is 2. The van der Waals surface area contributed by atoms with Crippen molar-refractivity contribution in [3.8, 4) is 44.9 Å². The monoisotopic (exact) mass is 1100 g/mol. The Labute approximate surface area is 435 Å². The number of benzene rings is 7. The first-order chi connectivity index (χ1) is 36.7. The van der Waals surface area contributed by atoms with Crippen molar-refractivity contribution in [2.45, 2.75) is 78.8 Å². The van der Waals surface area contributed by atoms with Crippen molar-refractivity contribution >= 4 is 0 Å². The minimum absolute atomic E-state index is 0.0126. The van der Waals surface area contributed by atoms with E-state index in [-0.39, 0.29) is 17.8 Å². The van der Waals surface area contributed by atoms with Gasteiger partial charge in [0.25, 0.3) is 0 Å². The first-order valence-electron chi connectivity index (χ1n) is 24.2. The van der Waals surface area contributed by atoms with Gasteiger partial charge in [0.05, 0.1) is 12.2 Å². The molecule has 0 amide bonds. The maximum atomic E-state index is 14.3. The van der Waals surface area contributed by atoms with Gasteiger partial charge < -0.3 is 0 Å². The zero-order valence-corrected chi connectivity index (χ0v) is 41.7. The number of alkyl halides is 2. The topological polar surface area (TPSA) is 18.5 Å². The third kappa shape index (κ3) is 17.3. The van der Waals surface area contributed by atoms with Crippen LogP contribution in [0, 0.1) is 107 Å². The highest BCUT2D eigenvalue weighted by Gasteiger charge is 2.30. The summed E-state index contributed by atoms with van der Waals surface area (Å²) < 4.78 is 201. The fourth-order valence-corrected chi connectivity index (χ4v) is 8.75. The molecule has 18 heteroatoms. The molecule has 2 saturated carbocycles. The van der Waals surface area contributed by atoms with Crippen molar-refractivity contribution in [3.63, 3.8) is 0 Å². The van der Waals surface area contributed by atoms with Gasteiger partial charge in [0.15, 0.2) is 63.9 Å². The maximum absolute atomic E-state index is 14.3. The Bertz CT molecular complexity index is 2860. The molecule has 2 aliphatic rings. The lowest BCUT2D eigenvalue weighted by atomic mass is 9.69. The van der Waals surface area contributed by atoms with Crippen molar-refractivity contribution in [1.29, 1.82) is 0 Å². The largest absolute Gasteiger partial charge is 0.294 e. The molecule has 2 fully saturated rings. The van der Waals surface area contributed by atoms with Crippen molar-refractivity contribution in [3.05, 3.63) is 202 Å². The molecular formula is C59H52F16O2. The zero-order valence-electron chi connectivity index (χ0n) is 41.7. The quantitative estimate of drug-likeness (QED) is 0.112. The molecule has 0 bridgehead atoms. The summed E-state index contributed by atoms with van der Waals surface area (Å²) in [5.41, 5.74) is 4.20. The number of halogens is 16. The van der Waals surface area contributed by atoms with Crippen LogP contribution in [-0.4, -0.2) is 6.67 Å². The van der Waals surface area contributed by atoms with Crippen LogP contribution in [0.1, 0.15) is 75.0 Å². The van der Waals surface area contributed by atoms with Crippen LogP contribution in [0.4, 0.5) is 70.5 Å². The molecular weight excluding hydrogens is 1040 g/mol. The van der Waals surface area contributed by atoms with E-state index in [1.807, 2.05) is 50.2 Å². The molecule has 7 aromatic carbocycles. The summed E-state index contributed by atoms with van der Waals surface area (Å²) in [6, 6.07) is 24.7. The molecule has 0 unspecified atom stereocenters. The van der Waals surface area contributed by atoms with E-state index in [9.17, 15) is 70.5 Å². The minimum atomic E-state index is -1.65. The fraction of sp³-hybridized carbons (Fsp3) is 0.288. The van der Waals surface area contributed by atoms with Crippen molar-refractivity contribution < 1.29 is 80.4 Å². The van der Waals surface area contributed by atoms with Gasteiger partial charge in [0.1, 0.15) is 24.1 Å². The molecule has 412 valence electrons. The van der Waals surface area contributed by atoms with Crippen molar-refractivity contribution in [2.24, 2.45) is 23.7 Å². The lowest BCUT2D eigenvalue weighted by Crippen LogP contribution is -2.25. The normalized spacial score (nSPS) is 16.7. The maximum Gasteiger partial charge on any atom is 0.194 e. The van der Waals surface area contributed by atoms with Gasteiger partial charge in [-0.15, -0.1) is 0 Å². The second-order valence-electron chi connectivity index (χ2n) is 18.7.